The SMILES string of the molecule is CCNC(=O)C(C)N(Cc1c(Cl)cccc1Cl)C(=O)CN(c1ccc2c(c1)OCCO2)S(C)(=O)=O. The Labute approximate surface area is 214 Å². The lowest BCUT2D eigenvalue weighted by Gasteiger charge is -2.32. The minimum absolute atomic E-state index is 0.0889. The van der Waals surface area contributed by atoms with E-state index in [0.29, 0.717) is 46.9 Å². The monoisotopic (exact) mass is 543 g/mol. The van der Waals surface area contributed by atoms with Gasteiger partial charge in [0.1, 0.15) is 25.8 Å². The fraction of sp³-hybridized carbons (Fsp3) is 0.391. The van der Waals surface area contributed by atoms with Crippen LogP contribution >= 0.6 is 23.2 Å². The summed E-state index contributed by atoms with van der Waals surface area (Å²) in [4.78, 5) is 27.4. The van der Waals surface area contributed by atoms with Gasteiger partial charge in [-0.1, -0.05) is 29.3 Å². The summed E-state index contributed by atoms with van der Waals surface area (Å²) in [6.07, 6.45) is 1.000. The largest absolute Gasteiger partial charge is 0.486 e. The van der Waals surface area contributed by atoms with E-state index in [9.17, 15) is 18.0 Å². The van der Waals surface area contributed by atoms with Crippen LogP contribution in [0.15, 0.2) is 36.4 Å². The zero-order valence-corrected chi connectivity index (χ0v) is 21.9. The highest BCUT2D eigenvalue weighted by atomic mass is 35.5. The maximum absolute atomic E-state index is 13.5. The first-order valence-electron chi connectivity index (χ1n) is 10.9. The lowest BCUT2D eigenvalue weighted by Crippen LogP contribution is -2.51. The molecule has 2 aromatic rings. The van der Waals surface area contributed by atoms with E-state index in [0.717, 1.165) is 10.6 Å². The van der Waals surface area contributed by atoms with Gasteiger partial charge in [-0.25, -0.2) is 8.42 Å². The van der Waals surface area contributed by atoms with Crippen LogP contribution in [0.4, 0.5) is 5.69 Å². The summed E-state index contributed by atoms with van der Waals surface area (Å²) in [5, 5.41) is 3.33. The number of hydrogen-bond donors (Lipinski definition) is 1. The first-order chi connectivity index (χ1) is 16.5. The summed E-state index contributed by atoms with van der Waals surface area (Å²) in [6, 6.07) is 8.62. The second kappa shape index (κ2) is 11.4. The molecule has 1 unspecified atom stereocenters. The highest BCUT2D eigenvalue weighted by molar-refractivity contribution is 7.92. The number of benzene rings is 2. The molecule has 3 rings (SSSR count). The van der Waals surface area contributed by atoms with E-state index in [1.54, 1.807) is 38.1 Å². The zero-order chi connectivity index (χ0) is 25.8. The van der Waals surface area contributed by atoms with E-state index >= 15 is 0 Å². The van der Waals surface area contributed by atoms with Crippen LogP contribution in [-0.4, -0.2) is 63.7 Å². The van der Waals surface area contributed by atoms with E-state index < -0.39 is 34.4 Å². The van der Waals surface area contributed by atoms with Crippen molar-refractivity contribution in [3.8, 4) is 11.5 Å². The standard InChI is InChI=1S/C23H27Cl2N3O6S/c1-4-26-23(30)15(2)27(13-17-18(24)6-5-7-19(17)25)22(29)14-28(35(3,31)32)16-8-9-20-21(12-16)34-11-10-33-20/h5-9,12,15H,4,10-11,13-14H2,1-3H3,(H,26,30). The number of nitrogens with zero attached hydrogens (tertiary/aromatic N) is 2. The molecule has 0 radical (unpaired) electrons. The molecule has 0 aromatic heterocycles. The molecule has 2 aromatic carbocycles. The molecule has 190 valence electrons. The van der Waals surface area contributed by atoms with Gasteiger partial charge >= 0.3 is 0 Å². The quantitative estimate of drug-likeness (QED) is 0.521. The average Bonchev–Trinajstić information content (AvgIpc) is 2.81. The normalized spacial score (nSPS) is 13.6. The molecule has 1 atom stereocenters. The molecule has 12 heteroatoms. The molecule has 1 aliphatic heterocycles. The number of likely N-dealkylation sites (N-methyl/N-ethyl adjacent to an activating group) is 1. The van der Waals surface area contributed by atoms with Crippen molar-refractivity contribution in [3.63, 3.8) is 0 Å². The van der Waals surface area contributed by atoms with E-state index in [4.69, 9.17) is 32.7 Å². The molecule has 9 nitrogen and oxygen atoms in total. The third-order valence-electron chi connectivity index (χ3n) is 5.40. The number of carbonyl (C=O) groups is 2. The minimum atomic E-state index is -3.88. The molecule has 0 fully saturated rings. The van der Waals surface area contributed by atoms with Crippen molar-refractivity contribution in [3.05, 3.63) is 52.0 Å². The Balaban J connectivity index is 1.96. The molecule has 1 N–H and O–H groups in total. The van der Waals surface area contributed by atoms with Gasteiger partial charge in [-0.05, 0) is 38.1 Å². The van der Waals surface area contributed by atoms with E-state index in [1.165, 1.54) is 17.0 Å². The Morgan fingerprint density at radius 3 is 2.31 bits per heavy atom. The smallest absolute Gasteiger partial charge is 0.244 e. The van der Waals surface area contributed by atoms with Crippen LogP contribution in [0.25, 0.3) is 0 Å². The predicted molar refractivity (Wildman–Crippen MR) is 135 cm³/mol. The van der Waals surface area contributed by atoms with Gasteiger partial charge in [0.2, 0.25) is 21.8 Å². The first-order valence-corrected chi connectivity index (χ1v) is 13.5. The molecule has 35 heavy (non-hydrogen) atoms. The van der Waals surface area contributed by atoms with Crippen LogP contribution in [0, 0.1) is 0 Å². The lowest BCUT2D eigenvalue weighted by molar-refractivity contribution is -0.139. The molecule has 0 saturated heterocycles. The van der Waals surface area contributed by atoms with E-state index in [2.05, 4.69) is 5.32 Å². The van der Waals surface area contributed by atoms with E-state index in [-0.39, 0.29) is 12.2 Å². The van der Waals surface area contributed by atoms with Crippen LogP contribution in [0.5, 0.6) is 11.5 Å². The summed E-state index contributed by atoms with van der Waals surface area (Å²) < 4.78 is 37.4. The highest BCUT2D eigenvalue weighted by Crippen LogP contribution is 2.35. The van der Waals surface area contributed by atoms with Crippen molar-refractivity contribution in [2.75, 3.05) is 36.9 Å². The number of fused-ring (bicyclic) bond motifs is 1. The molecule has 2 amide bonds. The summed E-state index contributed by atoms with van der Waals surface area (Å²) in [6.45, 7) is 3.75. The summed E-state index contributed by atoms with van der Waals surface area (Å²) in [7, 11) is -3.88. The number of halogens is 2. The molecular weight excluding hydrogens is 517 g/mol. The number of carbonyl (C=O) groups excluding carboxylic acids is 2. The van der Waals surface area contributed by atoms with Crippen molar-refractivity contribution in [1.29, 1.82) is 0 Å². The van der Waals surface area contributed by atoms with Gasteiger partial charge in [0.05, 0.1) is 11.9 Å². The van der Waals surface area contributed by atoms with Gasteiger partial charge < -0.3 is 19.7 Å². The molecule has 0 saturated carbocycles. The van der Waals surface area contributed by atoms with Crippen molar-refractivity contribution in [2.45, 2.75) is 26.4 Å². The Hall–Kier alpha value is -2.69. The number of hydrogen-bond acceptors (Lipinski definition) is 6. The Bertz CT molecular complexity index is 1190. The molecule has 1 heterocycles. The molecule has 1 aliphatic rings. The molecule has 0 aliphatic carbocycles. The van der Waals surface area contributed by atoms with Crippen molar-refractivity contribution in [1.82, 2.24) is 10.2 Å². The molecular formula is C23H27Cl2N3O6S. The van der Waals surface area contributed by atoms with Gasteiger partial charge in [0.15, 0.2) is 11.5 Å². The number of rotatable bonds is 9. The van der Waals surface area contributed by atoms with Crippen LogP contribution in [0.1, 0.15) is 19.4 Å². The fourth-order valence-electron chi connectivity index (χ4n) is 3.56. The van der Waals surface area contributed by atoms with Crippen LogP contribution in [0.2, 0.25) is 10.0 Å². The fourth-order valence-corrected chi connectivity index (χ4v) is 4.92. The third kappa shape index (κ3) is 6.50. The van der Waals surface area contributed by atoms with Crippen LogP contribution in [0.3, 0.4) is 0 Å². The second-order valence-electron chi connectivity index (χ2n) is 7.89. The summed E-state index contributed by atoms with van der Waals surface area (Å²) in [5.41, 5.74) is 0.678. The van der Waals surface area contributed by atoms with Gasteiger partial charge in [0, 0.05) is 34.8 Å². The van der Waals surface area contributed by atoms with Crippen molar-refractivity contribution in [2.24, 2.45) is 0 Å². The number of amides is 2. The Morgan fingerprint density at radius 1 is 1.09 bits per heavy atom. The highest BCUT2D eigenvalue weighted by Gasteiger charge is 2.31. The maximum Gasteiger partial charge on any atom is 0.244 e. The predicted octanol–water partition coefficient (Wildman–Crippen LogP) is 3.08. The Kier molecular flexibility index (Phi) is 8.74. The molecule has 0 bridgehead atoms. The number of anilines is 1. The third-order valence-corrected chi connectivity index (χ3v) is 7.25. The first kappa shape index (κ1) is 26.9. The lowest BCUT2D eigenvalue weighted by atomic mass is 10.1. The molecule has 0 spiro atoms. The van der Waals surface area contributed by atoms with Gasteiger partial charge in [-0.3, -0.25) is 13.9 Å². The van der Waals surface area contributed by atoms with Crippen LogP contribution in [-0.2, 0) is 26.2 Å². The van der Waals surface area contributed by atoms with Gasteiger partial charge in [-0.2, -0.15) is 0 Å². The van der Waals surface area contributed by atoms with Crippen molar-refractivity contribution < 1.29 is 27.5 Å². The topological polar surface area (TPSA) is 105 Å². The van der Waals surface area contributed by atoms with Crippen molar-refractivity contribution >= 4 is 50.7 Å². The van der Waals surface area contributed by atoms with Crippen LogP contribution < -0.4 is 19.1 Å². The van der Waals surface area contributed by atoms with Gasteiger partial charge in [0.25, 0.3) is 0 Å². The summed E-state index contributed by atoms with van der Waals surface area (Å²) >= 11 is 12.6. The van der Waals surface area contributed by atoms with E-state index in [1.807, 2.05) is 0 Å². The maximum atomic E-state index is 13.5. The van der Waals surface area contributed by atoms with Gasteiger partial charge in [-0.15, -0.1) is 0 Å². The second-order valence-corrected chi connectivity index (χ2v) is 10.6. The average molecular weight is 544 g/mol. The summed E-state index contributed by atoms with van der Waals surface area (Å²) in [5.74, 6) is -0.140. The minimum Gasteiger partial charge on any atom is -0.486 e. The number of nitrogens with one attached hydrogen (secondary N) is 1. The zero-order valence-electron chi connectivity index (χ0n) is 19.6. The Morgan fingerprint density at radius 2 is 1.71 bits per heavy atom. The number of ether oxygens (including phenoxy) is 2. The number of sulfonamides is 1.